The van der Waals surface area contributed by atoms with Crippen molar-refractivity contribution in [2.45, 2.75) is 0 Å². The first-order valence-electron chi connectivity index (χ1n) is 7.84. The smallest absolute Gasteiger partial charge is 0.294 e. The van der Waals surface area contributed by atoms with E-state index in [4.69, 9.17) is 11.6 Å². The molecule has 6 nitrogen and oxygen atoms in total. The van der Waals surface area contributed by atoms with Crippen LogP contribution in [0.2, 0.25) is 5.02 Å². The van der Waals surface area contributed by atoms with Crippen LogP contribution in [0, 0.1) is 17.5 Å². The van der Waals surface area contributed by atoms with Crippen molar-refractivity contribution in [2.24, 2.45) is 0 Å². The van der Waals surface area contributed by atoms with E-state index in [2.05, 4.69) is 0 Å². The van der Waals surface area contributed by atoms with Crippen LogP contribution in [0.25, 0.3) is 6.08 Å². The maximum absolute atomic E-state index is 13.6. The number of anilines is 1. The van der Waals surface area contributed by atoms with Crippen LogP contribution in [0.4, 0.5) is 23.7 Å². The summed E-state index contributed by atoms with van der Waals surface area (Å²) in [4.78, 5) is 37.1. The predicted octanol–water partition coefficient (Wildman–Crippen LogP) is 4.14. The second kappa shape index (κ2) is 8.18. The first kappa shape index (κ1) is 20.7. The van der Waals surface area contributed by atoms with Gasteiger partial charge in [0.2, 0.25) is 5.91 Å². The van der Waals surface area contributed by atoms with Crippen molar-refractivity contribution >= 4 is 52.2 Å². The topological polar surface area (TPSA) is 86.7 Å². The molecule has 2 aromatic rings. The van der Waals surface area contributed by atoms with Crippen LogP contribution < -0.4 is 5.32 Å². The summed E-state index contributed by atoms with van der Waals surface area (Å²) in [6, 6.07) is 5.59. The summed E-state index contributed by atoms with van der Waals surface area (Å²) in [5.74, 6) is -6.69. The van der Waals surface area contributed by atoms with E-state index in [0.29, 0.717) is 28.3 Å². The van der Waals surface area contributed by atoms with Gasteiger partial charge in [-0.25, -0.2) is 13.2 Å². The number of phenolic OH excluding ortho intramolecular Hbond substituents is 1. The highest BCUT2D eigenvalue weighted by molar-refractivity contribution is 8.18. The largest absolute Gasteiger partial charge is 0.506 e. The zero-order chi connectivity index (χ0) is 21.3. The van der Waals surface area contributed by atoms with Crippen LogP contribution >= 0.6 is 23.4 Å². The number of hydrogen-bond donors (Lipinski definition) is 2. The van der Waals surface area contributed by atoms with Gasteiger partial charge < -0.3 is 10.4 Å². The van der Waals surface area contributed by atoms with Gasteiger partial charge in [-0.15, -0.1) is 0 Å². The number of imide groups is 1. The Balaban J connectivity index is 1.73. The Labute approximate surface area is 170 Å². The number of thioether (sulfide) groups is 1. The number of rotatable bonds is 4. The fourth-order valence-electron chi connectivity index (χ4n) is 2.36. The van der Waals surface area contributed by atoms with Crippen LogP contribution in [-0.2, 0) is 9.59 Å². The first-order chi connectivity index (χ1) is 13.7. The molecule has 2 N–H and O–H groups in total. The lowest BCUT2D eigenvalue weighted by atomic mass is 10.2. The number of amides is 3. The Morgan fingerprint density at radius 2 is 1.90 bits per heavy atom. The number of carbonyl (C=O) groups is 3. The van der Waals surface area contributed by atoms with E-state index in [0.717, 1.165) is 6.07 Å². The third kappa shape index (κ3) is 4.38. The van der Waals surface area contributed by atoms with Crippen molar-refractivity contribution in [3.8, 4) is 5.75 Å². The molecule has 3 rings (SSSR count). The maximum Gasteiger partial charge on any atom is 0.294 e. The lowest BCUT2D eigenvalue weighted by Gasteiger charge is -2.13. The summed E-state index contributed by atoms with van der Waals surface area (Å²) in [6.45, 7) is -0.753. The average molecular weight is 443 g/mol. The van der Waals surface area contributed by atoms with Crippen molar-refractivity contribution < 1.29 is 32.7 Å². The van der Waals surface area contributed by atoms with Gasteiger partial charge in [-0.3, -0.25) is 19.3 Å². The molecule has 0 aromatic heterocycles. The van der Waals surface area contributed by atoms with Gasteiger partial charge in [0.15, 0.2) is 17.5 Å². The van der Waals surface area contributed by atoms with Crippen LogP contribution in [-0.4, -0.2) is 33.6 Å². The number of nitrogens with zero attached hydrogens (tertiary/aromatic N) is 1. The molecule has 150 valence electrons. The van der Waals surface area contributed by atoms with Gasteiger partial charge in [0.1, 0.15) is 12.3 Å². The van der Waals surface area contributed by atoms with Crippen LogP contribution in [0.5, 0.6) is 5.75 Å². The molecule has 1 heterocycles. The number of halogens is 4. The van der Waals surface area contributed by atoms with Gasteiger partial charge >= 0.3 is 0 Å². The SMILES string of the molecule is O=C(CN1C(=O)S/C(=C/c2ccc(O)c(Cl)c2)C1=O)Nc1ccc(F)c(F)c1F. The van der Waals surface area contributed by atoms with Crippen molar-refractivity contribution in [3.63, 3.8) is 0 Å². The molecule has 1 fully saturated rings. The number of carbonyl (C=O) groups excluding carboxylic acids is 3. The monoisotopic (exact) mass is 442 g/mol. The molecule has 11 heteroatoms. The number of aromatic hydroxyl groups is 1. The van der Waals surface area contributed by atoms with E-state index in [1.165, 1.54) is 24.3 Å². The third-order valence-corrected chi connectivity index (χ3v) is 4.96. The normalized spacial score (nSPS) is 15.3. The minimum Gasteiger partial charge on any atom is -0.506 e. The van der Waals surface area contributed by atoms with Gasteiger partial charge in [-0.1, -0.05) is 17.7 Å². The molecular weight excluding hydrogens is 433 g/mol. The van der Waals surface area contributed by atoms with Crippen molar-refractivity contribution in [2.75, 3.05) is 11.9 Å². The molecule has 0 radical (unpaired) electrons. The van der Waals surface area contributed by atoms with Crippen molar-refractivity contribution in [3.05, 3.63) is 63.3 Å². The molecule has 1 aliphatic heterocycles. The highest BCUT2D eigenvalue weighted by atomic mass is 35.5. The fraction of sp³-hybridized carbons (Fsp3) is 0.0556. The Morgan fingerprint density at radius 1 is 1.17 bits per heavy atom. The molecule has 0 saturated carbocycles. The zero-order valence-corrected chi connectivity index (χ0v) is 15.8. The van der Waals surface area contributed by atoms with Crippen molar-refractivity contribution in [1.29, 1.82) is 0 Å². The van der Waals surface area contributed by atoms with E-state index in [1.54, 1.807) is 0 Å². The Kier molecular flexibility index (Phi) is 5.85. The number of benzene rings is 2. The summed E-state index contributed by atoms with van der Waals surface area (Å²) in [5.41, 5.74) is -0.193. The Morgan fingerprint density at radius 3 is 2.59 bits per heavy atom. The zero-order valence-electron chi connectivity index (χ0n) is 14.2. The standard InChI is InChI=1S/C18H10ClF3N2O4S/c19-9-5-8(1-4-12(9)25)6-13-17(27)24(18(28)29-13)7-14(26)23-11-3-2-10(20)15(21)16(11)22/h1-6,25H,7H2,(H,23,26)/b13-6+. The summed E-state index contributed by atoms with van der Waals surface area (Å²) in [7, 11) is 0. The van der Waals surface area contributed by atoms with Gasteiger partial charge in [-0.05, 0) is 47.7 Å². The molecule has 0 bridgehead atoms. The summed E-state index contributed by atoms with van der Waals surface area (Å²) >= 11 is 6.36. The highest BCUT2D eigenvalue weighted by Crippen LogP contribution is 2.33. The molecule has 29 heavy (non-hydrogen) atoms. The minimum atomic E-state index is -1.76. The molecule has 0 aliphatic carbocycles. The van der Waals surface area contributed by atoms with Crippen LogP contribution in [0.15, 0.2) is 35.2 Å². The molecule has 2 aromatic carbocycles. The summed E-state index contributed by atoms with van der Waals surface area (Å²) in [6.07, 6.45) is 1.35. The van der Waals surface area contributed by atoms with E-state index < -0.39 is 46.7 Å². The molecule has 3 amide bonds. The number of phenols is 1. The molecule has 1 saturated heterocycles. The lowest BCUT2D eigenvalue weighted by molar-refractivity contribution is -0.127. The summed E-state index contributed by atoms with van der Waals surface area (Å²) < 4.78 is 39.8. The van der Waals surface area contributed by atoms with Gasteiger partial charge in [0, 0.05) is 0 Å². The van der Waals surface area contributed by atoms with E-state index in [-0.39, 0.29) is 15.7 Å². The fourth-order valence-corrected chi connectivity index (χ4v) is 3.38. The maximum atomic E-state index is 13.6. The predicted molar refractivity (Wildman–Crippen MR) is 101 cm³/mol. The Hall–Kier alpha value is -2.98. The minimum absolute atomic E-state index is 0.00330. The summed E-state index contributed by atoms with van der Waals surface area (Å²) in [5, 5.41) is 10.7. The lowest BCUT2D eigenvalue weighted by Crippen LogP contribution is -2.36. The number of hydrogen-bond acceptors (Lipinski definition) is 5. The third-order valence-electron chi connectivity index (χ3n) is 3.75. The molecule has 1 aliphatic rings. The molecule has 0 spiro atoms. The second-order valence-corrected chi connectivity index (χ2v) is 7.15. The van der Waals surface area contributed by atoms with E-state index in [1.807, 2.05) is 5.32 Å². The second-order valence-electron chi connectivity index (χ2n) is 5.75. The van der Waals surface area contributed by atoms with Crippen molar-refractivity contribution in [1.82, 2.24) is 4.90 Å². The van der Waals surface area contributed by atoms with E-state index in [9.17, 15) is 32.7 Å². The first-order valence-corrected chi connectivity index (χ1v) is 9.04. The van der Waals surface area contributed by atoms with Crippen LogP contribution in [0.1, 0.15) is 5.56 Å². The average Bonchev–Trinajstić information content (AvgIpc) is 2.92. The Bertz CT molecular complexity index is 1080. The number of nitrogens with one attached hydrogen (secondary N) is 1. The molecular formula is C18H10ClF3N2O4S. The van der Waals surface area contributed by atoms with E-state index >= 15 is 0 Å². The highest BCUT2D eigenvalue weighted by Gasteiger charge is 2.36. The molecule has 0 unspecified atom stereocenters. The van der Waals surface area contributed by atoms with Gasteiger partial charge in [-0.2, -0.15) is 0 Å². The van der Waals surface area contributed by atoms with Gasteiger partial charge in [0.25, 0.3) is 11.1 Å². The molecule has 0 atom stereocenters. The van der Waals surface area contributed by atoms with Crippen LogP contribution in [0.3, 0.4) is 0 Å². The van der Waals surface area contributed by atoms with Gasteiger partial charge in [0.05, 0.1) is 15.6 Å². The quantitative estimate of drug-likeness (QED) is 0.549.